The Labute approximate surface area is 126 Å². The first-order valence-corrected chi connectivity index (χ1v) is 8.18. The summed E-state index contributed by atoms with van der Waals surface area (Å²) in [5, 5.41) is 4.40. The summed E-state index contributed by atoms with van der Waals surface area (Å²) in [6.45, 7) is 9.14. The van der Waals surface area contributed by atoms with Crippen LogP contribution >= 0.6 is 11.3 Å². The number of benzene rings is 1. The molecule has 0 saturated carbocycles. The first kappa shape index (κ1) is 13.6. The number of hydrogen-bond acceptors (Lipinski definition) is 1. The lowest BCUT2D eigenvalue weighted by molar-refractivity contribution is 0.564. The molecule has 3 rings (SSSR count). The molecule has 0 spiro atoms. The summed E-state index contributed by atoms with van der Waals surface area (Å²) in [4.78, 5) is 0. The van der Waals surface area contributed by atoms with Gasteiger partial charge in [-0.15, -0.1) is 0 Å². The smallest absolute Gasteiger partial charge is 0.0150 e. The predicted molar refractivity (Wildman–Crippen MR) is 89.4 cm³/mol. The lowest BCUT2D eigenvalue weighted by Crippen LogP contribution is -2.27. The van der Waals surface area contributed by atoms with Gasteiger partial charge in [-0.2, -0.15) is 11.3 Å². The number of thiophene rings is 1. The molecule has 0 aliphatic heterocycles. The molecule has 0 saturated heterocycles. The Kier molecular flexibility index (Phi) is 3.13. The van der Waals surface area contributed by atoms with Crippen molar-refractivity contribution < 1.29 is 0 Å². The molecular weight excluding hydrogens is 260 g/mol. The van der Waals surface area contributed by atoms with Crippen LogP contribution in [0.5, 0.6) is 0 Å². The molecule has 0 bridgehead atoms. The van der Waals surface area contributed by atoms with Crippen molar-refractivity contribution in [2.75, 3.05) is 0 Å². The molecule has 1 atom stereocenters. The van der Waals surface area contributed by atoms with Crippen LogP contribution in [0.3, 0.4) is 0 Å². The fourth-order valence-electron chi connectivity index (χ4n) is 2.92. The van der Waals surface area contributed by atoms with Crippen LogP contribution in [0.25, 0.3) is 5.57 Å². The van der Waals surface area contributed by atoms with Crippen LogP contribution in [0, 0.1) is 0 Å². The van der Waals surface area contributed by atoms with Crippen molar-refractivity contribution in [2.45, 2.75) is 44.9 Å². The van der Waals surface area contributed by atoms with Crippen molar-refractivity contribution >= 4 is 16.9 Å². The largest absolute Gasteiger partial charge is 0.152 e. The molecule has 0 radical (unpaired) electrons. The number of allylic oxidation sites excluding steroid dienone is 2. The fourth-order valence-corrected chi connectivity index (χ4v) is 3.60. The summed E-state index contributed by atoms with van der Waals surface area (Å²) in [6.07, 6.45) is 3.58. The quantitative estimate of drug-likeness (QED) is 0.654. The Hall–Kier alpha value is -1.34. The average molecular weight is 282 g/mol. The van der Waals surface area contributed by atoms with E-state index in [1.54, 1.807) is 11.3 Å². The molecule has 0 amide bonds. The van der Waals surface area contributed by atoms with Gasteiger partial charge < -0.3 is 0 Å². The van der Waals surface area contributed by atoms with E-state index in [1.807, 2.05) is 0 Å². The molecule has 1 aliphatic rings. The minimum absolute atomic E-state index is 0.216. The van der Waals surface area contributed by atoms with E-state index < -0.39 is 0 Å². The summed E-state index contributed by atoms with van der Waals surface area (Å²) < 4.78 is 0. The van der Waals surface area contributed by atoms with E-state index in [1.165, 1.54) is 22.3 Å². The van der Waals surface area contributed by atoms with Crippen molar-refractivity contribution in [3.63, 3.8) is 0 Å². The van der Waals surface area contributed by atoms with Gasteiger partial charge in [-0.3, -0.25) is 0 Å². The summed E-state index contributed by atoms with van der Waals surface area (Å²) >= 11 is 1.78. The van der Waals surface area contributed by atoms with Crippen LogP contribution in [0.2, 0.25) is 0 Å². The van der Waals surface area contributed by atoms with Crippen molar-refractivity contribution in [3.8, 4) is 0 Å². The maximum Gasteiger partial charge on any atom is 0.0150 e. The lowest BCUT2D eigenvalue weighted by Gasteiger charge is -2.37. The molecule has 2 aromatic rings. The van der Waals surface area contributed by atoms with Gasteiger partial charge in [0.15, 0.2) is 0 Å². The van der Waals surface area contributed by atoms with E-state index >= 15 is 0 Å². The minimum atomic E-state index is 0.216. The molecule has 20 heavy (non-hydrogen) atoms. The van der Waals surface area contributed by atoms with Crippen LogP contribution in [0.15, 0.2) is 47.2 Å². The molecule has 104 valence electrons. The van der Waals surface area contributed by atoms with Gasteiger partial charge in [0.05, 0.1) is 0 Å². The molecule has 0 unspecified atom stereocenters. The topological polar surface area (TPSA) is 0 Å². The van der Waals surface area contributed by atoms with Crippen molar-refractivity contribution in [2.24, 2.45) is 0 Å². The third-order valence-electron chi connectivity index (χ3n) is 4.35. The normalized spacial score (nSPS) is 22.3. The van der Waals surface area contributed by atoms with Crippen LogP contribution in [0.1, 0.15) is 50.8 Å². The zero-order valence-electron chi connectivity index (χ0n) is 12.7. The fraction of sp³-hybridized carbons (Fsp3) is 0.368. The molecule has 1 aromatic carbocycles. The van der Waals surface area contributed by atoms with Crippen LogP contribution in [0.4, 0.5) is 0 Å². The van der Waals surface area contributed by atoms with E-state index in [0.29, 0.717) is 0 Å². The van der Waals surface area contributed by atoms with Gasteiger partial charge in [0.25, 0.3) is 0 Å². The first-order valence-electron chi connectivity index (χ1n) is 7.24. The molecule has 1 aliphatic carbocycles. The molecule has 1 heterocycles. The standard InChI is InChI=1S/C19H22S/c1-18(2,3)16-5-7-17(8-6-16)19(4)11-15(12-19)14-9-10-20-13-14/h5-11,13H,12H2,1-4H3/t19-/m0/s1. The average Bonchev–Trinajstić information content (AvgIpc) is 2.87. The molecule has 0 nitrogen and oxygen atoms in total. The van der Waals surface area contributed by atoms with E-state index in [2.05, 4.69) is 74.9 Å². The van der Waals surface area contributed by atoms with Crippen LogP contribution in [-0.4, -0.2) is 0 Å². The van der Waals surface area contributed by atoms with E-state index in [9.17, 15) is 0 Å². The Morgan fingerprint density at radius 2 is 1.70 bits per heavy atom. The van der Waals surface area contributed by atoms with Gasteiger partial charge in [0, 0.05) is 5.41 Å². The summed E-state index contributed by atoms with van der Waals surface area (Å²) in [5.74, 6) is 0. The van der Waals surface area contributed by atoms with E-state index in [0.717, 1.165) is 6.42 Å². The highest BCUT2D eigenvalue weighted by Gasteiger charge is 2.34. The van der Waals surface area contributed by atoms with Crippen molar-refractivity contribution in [3.05, 3.63) is 63.9 Å². The van der Waals surface area contributed by atoms with Gasteiger partial charge in [-0.25, -0.2) is 0 Å². The second-order valence-corrected chi connectivity index (χ2v) is 7.88. The van der Waals surface area contributed by atoms with Gasteiger partial charge in [-0.05, 0) is 50.9 Å². The number of hydrogen-bond donors (Lipinski definition) is 0. The molecule has 1 heteroatoms. The highest BCUT2D eigenvalue weighted by atomic mass is 32.1. The van der Waals surface area contributed by atoms with Gasteiger partial charge in [-0.1, -0.05) is 58.0 Å². The van der Waals surface area contributed by atoms with Gasteiger partial charge in [0.2, 0.25) is 0 Å². The molecule has 0 N–H and O–H groups in total. The highest BCUT2D eigenvalue weighted by Crippen LogP contribution is 2.46. The summed E-state index contributed by atoms with van der Waals surface area (Å²) in [7, 11) is 0. The number of rotatable bonds is 2. The Balaban J connectivity index is 1.84. The minimum Gasteiger partial charge on any atom is -0.152 e. The second kappa shape index (κ2) is 4.60. The third-order valence-corrected chi connectivity index (χ3v) is 5.04. The maximum absolute atomic E-state index is 2.43. The van der Waals surface area contributed by atoms with Crippen LogP contribution in [-0.2, 0) is 10.8 Å². The van der Waals surface area contributed by atoms with E-state index in [-0.39, 0.29) is 10.8 Å². The Morgan fingerprint density at radius 1 is 1.05 bits per heavy atom. The third kappa shape index (κ3) is 2.35. The zero-order valence-corrected chi connectivity index (χ0v) is 13.6. The Morgan fingerprint density at radius 3 is 2.20 bits per heavy atom. The summed E-state index contributed by atoms with van der Waals surface area (Å²) in [6, 6.07) is 11.4. The van der Waals surface area contributed by atoms with Crippen molar-refractivity contribution in [1.29, 1.82) is 0 Å². The highest BCUT2D eigenvalue weighted by molar-refractivity contribution is 7.08. The van der Waals surface area contributed by atoms with Crippen LogP contribution < -0.4 is 0 Å². The SMILES string of the molecule is CC(C)(C)c1ccc([C@@]2(C)C=C(c3ccsc3)C2)cc1. The molecule has 1 aromatic heterocycles. The lowest BCUT2D eigenvalue weighted by atomic mass is 9.66. The Bertz CT molecular complexity index is 623. The second-order valence-electron chi connectivity index (χ2n) is 7.10. The summed E-state index contributed by atoms with van der Waals surface area (Å²) in [5.41, 5.74) is 6.19. The van der Waals surface area contributed by atoms with Gasteiger partial charge >= 0.3 is 0 Å². The molecular formula is C19H22S. The van der Waals surface area contributed by atoms with E-state index in [4.69, 9.17) is 0 Å². The van der Waals surface area contributed by atoms with Gasteiger partial charge in [0.1, 0.15) is 0 Å². The van der Waals surface area contributed by atoms with Crippen molar-refractivity contribution in [1.82, 2.24) is 0 Å². The zero-order chi connectivity index (χ0) is 14.4. The predicted octanol–water partition coefficient (Wildman–Crippen LogP) is 5.79. The molecule has 0 fully saturated rings. The monoisotopic (exact) mass is 282 g/mol. The maximum atomic E-state index is 2.43. The first-order chi connectivity index (χ1) is 9.38.